The third kappa shape index (κ3) is 5.21. The lowest BCUT2D eigenvalue weighted by Crippen LogP contribution is -2.33. The lowest BCUT2D eigenvalue weighted by Gasteiger charge is -2.24. The molecule has 0 radical (unpaired) electrons. The Hall–Kier alpha value is -1.60. The lowest BCUT2D eigenvalue weighted by molar-refractivity contribution is 0.142. The van der Waals surface area contributed by atoms with Crippen LogP contribution in [-0.2, 0) is 27.3 Å². The van der Waals surface area contributed by atoms with E-state index in [0.29, 0.717) is 25.4 Å². The van der Waals surface area contributed by atoms with Crippen LogP contribution in [-0.4, -0.2) is 43.9 Å². The monoisotopic (exact) mass is 355 g/mol. The zero-order chi connectivity index (χ0) is 17.9. The maximum atomic E-state index is 11.4. The van der Waals surface area contributed by atoms with Crippen molar-refractivity contribution in [1.29, 1.82) is 0 Å². The van der Waals surface area contributed by atoms with E-state index in [1.54, 1.807) is 0 Å². The molecule has 1 unspecified atom stereocenters. The van der Waals surface area contributed by atoms with Gasteiger partial charge in [-0.3, -0.25) is 4.18 Å². The normalized spacial score (nSPS) is 18.3. The molecule has 0 saturated carbocycles. The van der Waals surface area contributed by atoms with Crippen LogP contribution in [0.4, 0.5) is 4.79 Å². The first-order valence-corrected chi connectivity index (χ1v) is 9.91. The summed E-state index contributed by atoms with van der Waals surface area (Å²) in [5.41, 5.74) is 3.03. The highest BCUT2D eigenvalue weighted by Gasteiger charge is 2.26. The van der Waals surface area contributed by atoms with Gasteiger partial charge in [-0.25, -0.2) is 4.79 Å². The molecule has 0 bridgehead atoms. The van der Waals surface area contributed by atoms with Crippen LogP contribution in [0.2, 0.25) is 0 Å². The van der Waals surface area contributed by atoms with Gasteiger partial charge < -0.3 is 10.0 Å². The summed E-state index contributed by atoms with van der Waals surface area (Å²) in [7, 11) is -3.48. The molecule has 1 aliphatic rings. The molecule has 0 aromatic heterocycles. The molecule has 7 heteroatoms. The van der Waals surface area contributed by atoms with E-state index in [1.165, 1.54) is 4.90 Å². The van der Waals surface area contributed by atoms with Gasteiger partial charge in [-0.2, -0.15) is 8.42 Å². The van der Waals surface area contributed by atoms with Gasteiger partial charge in [0.2, 0.25) is 0 Å². The number of carbonyl (C=O) groups is 1. The Morgan fingerprint density at radius 3 is 2.71 bits per heavy atom. The molecule has 134 valence electrons. The van der Waals surface area contributed by atoms with Crippen molar-refractivity contribution in [2.24, 2.45) is 5.92 Å². The smallest absolute Gasteiger partial charge is 0.407 e. The van der Waals surface area contributed by atoms with Crippen molar-refractivity contribution in [1.82, 2.24) is 4.90 Å². The van der Waals surface area contributed by atoms with Crippen LogP contribution in [0, 0.1) is 5.92 Å². The maximum absolute atomic E-state index is 11.4. The Labute approximate surface area is 143 Å². The molecule has 1 aliphatic heterocycles. The highest BCUT2D eigenvalue weighted by molar-refractivity contribution is 7.85. The van der Waals surface area contributed by atoms with Crippen molar-refractivity contribution in [2.75, 3.05) is 19.3 Å². The zero-order valence-corrected chi connectivity index (χ0v) is 15.2. The van der Waals surface area contributed by atoms with Gasteiger partial charge in [-0.05, 0) is 35.4 Å². The molecule has 1 amide bonds. The predicted molar refractivity (Wildman–Crippen MR) is 91.6 cm³/mol. The van der Waals surface area contributed by atoms with Crippen LogP contribution in [0.3, 0.4) is 0 Å². The number of carboxylic acid groups (broad SMARTS) is 1. The third-order valence-corrected chi connectivity index (χ3v) is 4.75. The molecular weight excluding hydrogens is 330 g/mol. The van der Waals surface area contributed by atoms with Crippen LogP contribution in [0.5, 0.6) is 0 Å². The average molecular weight is 355 g/mol. The van der Waals surface area contributed by atoms with E-state index in [4.69, 9.17) is 4.18 Å². The van der Waals surface area contributed by atoms with Gasteiger partial charge >= 0.3 is 6.09 Å². The first kappa shape index (κ1) is 18.7. The number of hydrogen-bond donors (Lipinski definition) is 1. The third-order valence-electron chi connectivity index (χ3n) is 4.21. The molecule has 6 nitrogen and oxygen atoms in total. The fourth-order valence-electron chi connectivity index (χ4n) is 3.19. The number of nitrogens with zero attached hydrogens (tertiary/aromatic N) is 1. The highest BCUT2D eigenvalue weighted by atomic mass is 32.2. The Morgan fingerprint density at radius 2 is 2.12 bits per heavy atom. The van der Waals surface area contributed by atoms with Crippen LogP contribution in [0.1, 0.15) is 42.9 Å². The van der Waals surface area contributed by atoms with E-state index >= 15 is 0 Å². The van der Waals surface area contributed by atoms with Crippen molar-refractivity contribution in [3.63, 3.8) is 0 Å². The Kier molecular flexibility index (Phi) is 5.87. The van der Waals surface area contributed by atoms with Gasteiger partial charge in [0.1, 0.15) is 0 Å². The topological polar surface area (TPSA) is 83.9 Å². The molecule has 1 atom stereocenters. The highest BCUT2D eigenvalue weighted by Crippen LogP contribution is 2.31. The largest absolute Gasteiger partial charge is 0.465 e. The van der Waals surface area contributed by atoms with Gasteiger partial charge in [-0.15, -0.1) is 0 Å². The van der Waals surface area contributed by atoms with E-state index in [1.807, 2.05) is 18.2 Å². The van der Waals surface area contributed by atoms with Gasteiger partial charge in [0.15, 0.2) is 0 Å². The second kappa shape index (κ2) is 7.53. The van der Waals surface area contributed by atoms with Crippen molar-refractivity contribution in [3.05, 3.63) is 34.9 Å². The molecule has 1 N–H and O–H groups in total. The van der Waals surface area contributed by atoms with Crippen LogP contribution in [0.15, 0.2) is 18.2 Å². The minimum atomic E-state index is -3.48. The number of hydrogen-bond acceptors (Lipinski definition) is 4. The number of fused-ring (bicyclic) bond motifs is 1. The van der Waals surface area contributed by atoms with E-state index < -0.39 is 16.2 Å². The Balaban J connectivity index is 2.28. The average Bonchev–Trinajstić information content (AvgIpc) is 2.63. The van der Waals surface area contributed by atoms with Gasteiger partial charge in [0, 0.05) is 19.0 Å². The number of amides is 1. The predicted octanol–water partition coefficient (Wildman–Crippen LogP) is 2.83. The molecule has 24 heavy (non-hydrogen) atoms. The first-order valence-electron chi connectivity index (χ1n) is 8.09. The summed E-state index contributed by atoms with van der Waals surface area (Å²) in [4.78, 5) is 12.9. The quantitative estimate of drug-likeness (QED) is 0.821. The number of rotatable bonds is 5. The Bertz CT molecular complexity index is 699. The minimum Gasteiger partial charge on any atom is -0.465 e. The summed E-state index contributed by atoms with van der Waals surface area (Å²) in [6, 6.07) is 5.81. The molecule has 0 fully saturated rings. The van der Waals surface area contributed by atoms with E-state index in [2.05, 4.69) is 13.8 Å². The second-order valence-electron chi connectivity index (χ2n) is 6.80. The lowest BCUT2D eigenvalue weighted by atomic mass is 9.86. The minimum absolute atomic E-state index is 0.00358. The molecule has 0 spiro atoms. The van der Waals surface area contributed by atoms with Gasteiger partial charge in [0.05, 0.1) is 12.9 Å². The summed E-state index contributed by atoms with van der Waals surface area (Å²) in [6.07, 6.45) is 1.68. The summed E-state index contributed by atoms with van der Waals surface area (Å²) in [5.74, 6) is 0.619. The summed E-state index contributed by atoms with van der Waals surface area (Å²) in [5, 5.41) is 9.36. The van der Waals surface area contributed by atoms with Crippen molar-refractivity contribution in [3.8, 4) is 0 Å². The van der Waals surface area contributed by atoms with E-state index in [9.17, 15) is 18.3 Å². The molecular formula is C17H25NO5S. The van der Waals surface area contributed by atoms with Crippen LogP contribution < -0.4 is 0 Å². The van der Waals surface area contributed by atoms with Crippen LogP contribution in [0.25, 0.3) is 0 Å². The van der Waals surface area contributed by atoms with E-state index in [0.717, 1.165) is 29.4 Å². The van der Waals surface area contributed by atoms with Crippen molar-refractivity contribution >= 4 is 16.2 Å². The zero-order valence-electron chi connectivity index (χ0n) is 14.4. The maximum Gasteiger partial charge on any atom is 0.407 e. The summed E-state index contributed by atoms with van der Waals surface area (Å²) in [6.45, 7) is 5.21. The fourth-order valence-corrected chi connectivity index (χ4v) is 3.54. The molecule has 0 saturated heterocycles. The van der Waals surface area contributed by atoms with Crippen molar-refractivity contribution < 1.29 is 22.5 Å². The first-order chi connectivity index (χ1) is 11.2. The SMILES string of the molecule is CC(C)CC1CN(C(=O)O)CCc2cc(COS(C)(=O)=O)ccc21. The van der Waals surface area contributed by atoms with Crippen molar-refractivity contribution in [2.45, 2.75) is 39.2 Å². The standard InChI is InChI=1S/C17H25NO5S/c1-12(2)8-15-10-18(17(19)20)7-6-14-9-13(4-5-16(14)15)11-23-24(3,21)22/h4-5,9,12,15H,6-8,10-11H2,1-3H3,(H,19,20). The van der Waals surface area contributed by atoms with E-state index in [-0.39, 0.29) is 12.5 Å². The molecule has 1 aromatic rings. The fraction of sp³-hybridized carbons (Fsp3) is 0.588. The summed E-state index contributed by atoms with van der Waals surface area (Å²) < 4.78 is 27.1. The van der Waals surface area contributed by atoms with Gasteiger partial charge in [-0.1, -0.05) is 32.0 Å². The Morgan fingerprint density at radius 1 is 1.42 bits per heavy atom. The van der Waals surface area contributed by atoms with Gasteiger partial charge in [0.25, 0.3) is 10.1 Å². The molecule has 1 heterocycles. The number of benzene rings is 1. The van der Waals surface area contributed by atoms with Crippen LogP contribution >= 0.6 is 0 Å². The molecule has 0 aliphatic carbocycles. The second-order valence-corrected chi connectivity index (χ2v) is 8.45. The summed E-state index contributed by atoms with van der Waals surface area (Å²) >= 11 is 0. The molecule has 1 aromatic carbocycles. The molecule has 2 rings (SSSR count).